The second-order valence-electron chi connectivity index (χ2n) is 8.01. The number of ether oxygens (including phenoxy) is 2. The minimum absolute atomic E-state index is 0.187. The largest absolute Gasteiger partial charge is 0.493 e. The van der Waals surface area contributed by atoms with E-state index in [0.29, 0.717) is 29.7 Å². The first kappa shape index (κ1) is 23.9. The van der Waals surface area contributed by atoms with Crippen molar-refractivity contribution in [2.24, 2.45) is 5.73 Å². The van der Waals surface area contributed by atoms with Gasteiger partial charge in [-0.15, -0.1) is 0 Å². The number of hydrogen-bond donors (Lipinski definition) is 2. The van der Waals surface area contributed by atoms with E-state index >= 15 is 0 Å². The maximum Gasteiger partial charge on any atom is 0.236 e. The van der Waals surface area contributed by atoms with E-state index in [-0.39, 0.29) is 11.2 Å². The Morgan fingerprint density at radius 3 is 2.79 bits per heavy atom. The van der Waals surface area contributed by atoms with E-state index in [9.17, 15) is 4.79 Å². The standard InChI is InChI=1S/C23H28ClN7O3/c1-33-18-4-3-15(11-19(18)34-2)5-8-30-9-6-26-13-17(30)21(22(25)32)16-12-20(24)29-23(28-16)31-10-7-27-14-31/h3-4,7,10-12,14,17,21,26H,5-6,8-9,13H2,1-2H3,(H2,25,32). The van der Waals surface area contributed by atoms with Crippen molar-refractivity contribution >= 4 is 17.5 Å². The zero-order valence-corrected chi connectivity index (χ0v) is 19.9. The summed E-state index contributed by atoms with van der Waals surface area (Å²) in [5, 5.41) is 3.62. The first-order chi connectivity index (χ1) is 16.5. The van der Waals surface area contributed by atoms with Gasteiger partial charge in [-0.1, -0.05) is 17.7 Å². The highest BCUT2D eigenvalue weighted by molar-refractivity contribution is 6.29. The molecule has 3 aromatic rings. The predicted octanol–water partition coefficient (Wildman–Crippen LogP) is 1.42. The van der Waals surface area contributed by atoms with Crippen LogP contribution in [0.25, 0.3) is 5.95 Å². The lowest BCUT2D eigenvalue weighted by Gasteiger charge is -2.39. The third kappa shape index (κ3) is 5.30. The van der Waals surface area contributed by atoms with Crippen LogP contribution in [0.5, 0.6) is 11.5 Å². The molecular formula is C23H28ClN7O3. The summed E-state index contributed by atoms with van der Waals surface area (Å²) in [5.74, 6) is 0.591. The highest BCUT2D eigenvalue weighted by atomic mass is 35.5. The van der Waals surface area contributed by atoms with Crippen LogP contribution < -0.4 is 20.5 Å². The van der Waals surface area contributed by atoms with Crippen molar-refractivity contribution in [3.8, 4) is 17.4 Å². The molecule has 0 radical (unpaired) electrons. The van der Waals surface area contributed by atoms with Crippen LogP contribution in [0.3, 0.4) is 0 Å². The average Bonchev–Trinajstić information content (AvgIpc) is 3.38. The summed E-state index contributed by atoms with van der Waals surface area (Å²) in [6.07, 6.45) is 5.68. The van der Waals surface area contributed by atoms with Crippen LogP contribution in [0.1, 0.15) is 17.2 Å². The number of methoxy groups -OCH3 is 2. The summed E-state index contributed by atoms with van der Waals surface area (Å²) in [4.78, 5) is 27.9. The van der Waals surface area contributed by atoms with E-state index in [0.717, 1.165) is 31.6 Å². The monoisotopic (exact) mass is 485 g/mol. The Hall–Kier alpha value is -3.21. The van der Waals surface area contributed by atoms with Gasteiger partial charge in [-0.2, -0.15) is 0 Å². The molecule has 3 heterocycles. The third-order valence-electron chi connectivity index (χ3n) is 5.98. The van der Waals surface area contributed by atoms with Gasteiger partial charge < -0.3 is 20.5 Å². The summed E-state index contributed by atoms with van der Waals surface area (Å²) in [6.45, 7) is 2.92. The molecule has 180 valence electrons. The van der Waals surface area contributed by atoms with Crippen molar-refractivity contribution < 1.29 is 14.3 Å². The SMILES string of the molecule is COc1ccc(CCN2CCNCC2C(C(N)=O)c2cc(Cl)nc(-n3ccnc3)n2)cc1OC. The van der Waals surface area contributed by atoms with Crippen molar-refractivity contribution in [3.05, 3.63) is 59.4 Å². The van der Waals surface area contributed by atoms with Gasteiger partial charge in [0, 0.05) is 44.6 Å². The molecule has 0 bridgehead atoms. The number of primary amides is 1. The molecule has 0 spiro atoms. The van der Waals surface area contributed by atoms with Crippen LogP contribution in [-0.4, -0.2) is 76.8 Å². The fraction of sp³-hybridized carbons (Fsp3) is 0.391. The molecule has 1 aromatic carbocycles. The van der Waals surface area contributed by atoms with Crippen LogP contribution in [0.4, 0.5) is 0 Å². The second-order valence-corrected chi connectivity index (χ2v) is 8.40. The first-order valence-corrected chi connectivity index (χ1v) is 11.4. The fourth-order valence-electron chi connectivity index (χ4n) is 4.29. The molecule has 34 heavy (non-hydrogen) atoms. The number of hydrogen-bond acceptors (Lipinski definition) is 8. The number of aromatic nitrogens is 4. The lowest BCUT2D eigenvalue weighted by molar-refractivity contribution is -0.121. The topological polar surface area (TPSA) is 120 Å². The molecular weight excluding hydrogens is 458 g/mol. The maximum atomic E-state index is 12.7. The smallest absolute Gasteiger partial charge is 0.236 e. The van der Waals surface area contributed by atoms with Gasteiger partial charge in [-0.3, -0.25) is 14.3 Å². The Labute approximate surface area is 203 Å². The Balaban J connectivity index is 1.58. The van der Waals surface area contributed by atoms with E-state index in [1.807, 2.05) is 18.2 Å². The second kappa shape index (κ2) is 10.8. The molecule has 1 aliphatic rings. The van der Waals surface area contributed by atoms with Crippen molar-refractivity contribution in [2.45, 2.75) is 18.4 Å². The number of nitrogens with two attached hydrogens (primary N) is 1. The van der Waals surface area contributed by atoms with Gasteiger partial charge in [0.1, 0.15) is 11.5 Å². The Kier molecular flexibility index (Phi) is 7.61. The van der Waals surface area contributed by atoms with Crippen LogP contribution in [0.2, 0.25) is 5.15 Å². The first-order valence-electron chi connectivity index (χ1n) is 11.0. The van der Waals surface area contributed by atoms with Gasteiger partial charge in [0.2, 0.25) is 11.9 Å². The molecule has 0 aliphatic carbocycles. The van der Waals surface area contributed by atoms with Crippen molar-refractivity contribution in [2.75, 3.05) is 40.4 Å². The van der Waals surface area contributed by atoms with Gasteiger partial charge >= 0.3 is 0 Å². The molecule has 1 fully saturated rings. The van der Waals surface area contributed by atoms with E-state index in [1.54, 1.807) is 43.6 Å². The zero-order valence-electron chi connectivity index (χ0n) is 19.1. The molecule has 11 heteroatoms. The molecule has 1 aliphatic heterocycles. The molecule has 2 unspecified atom stereocenters. The highest BCUT2D eigenvalue weighted by Crippen LogP contribution is 2.29. The molecule has 2 aromatic heterocycles. The summed E-state index contributed by atoms with van der Waals surface area (Å²) in [7, 11) is 3.24. The minimum Gasteiger partial charge on any atom is -0.493 e. The van der Waals surface area contributed by atoms with E-state index in [2.05, 4.69) is 25.2 Å². The Bertz CT molecular complexity index is 1130. The number of nitrogens with zero attached hydrogens (tertiary/aromatic N) is 5. The fourth-order valence-corrected chi connectivity index (χ4v) is 4.48. The van der Waals surface area contributed by atoms with Crippen molar-refractivity contribution in [1.29, 1.82) is 0 Å². The minimum atomic E-state index is -0.666. The third-order valence-corrected chi connectivity index (χ3v) is 6.18. The van der Waals surface area contributed by atoms with E-state index in [4.69, 9.17) is 26.8 Å². The Morgan fingerprint density at radius 1 is 1.26 bits per heavy atom. The number of piperazine rings is 1. The van der Waals surface area contributed by atoms with E-state index < -0.39 is 11.8 Å². The van der Waals surface area contributed by atoms with Crippen molar-refractivity contribution in [1.82, 2.24) is 29.7 Å². The number of rotatable bonds is 9. The average molecular weight is 486 g/mol. The molecule has 3 N–H and O–H groups in total. The lowest BCUT2D eigenvalue weighted by Crippen LogP contribution is -2.56. The summed E-state index contributed by atoms with van der Waals surface area (Å²) >= 11 is 6.30. The maximum absolute atomic E-state index is 12.7. The van der Waals surface area contributed by atoms with Crippen LogP contribution >= 0.6 is 11.6 Å². The van der Waals surface area contributed by atoms with Crippen molar-refractivity contribution in [3.63, 3.8) is 0 Å². The quantitative estimate of drug-likeness (QED) is 0.436. The Morgan fingerprint density at radius 2 is 2.09 bits per heavy atom. The van der Waals surface area contributed by atoms with Crippen LogP contribution in [-0.2, 0) is 11.2 Å². The summed E-state index contributed by atoms with van der Waals surface area (Å²) in [5.41, 5.74) is 7.51. The number of benzene rings is 1. The van der Waals surface area contributed by atoms with Gasteiger partial charge in [0.15, 0.2) is 11.5 Å². The van der Waals surface area contributed by atoms with Gasteiger partial charge in [-0.25, -0.2) is 15.0 Å². The molecule has 1 amide bonds. The highest BCUT2D eigenvalue weighted by Gasteiger charge is 2.36. The summed E-state index contributed by atoms with van der Waals surface area (Å²) in [6, 6.07) is 7.32. The molecule has 0 saturated carbocycles. The van der Waals surface area contributed by atoms with Gasteiger partial charge in [0.05, 0.1) is 25.8 Å². The zero-order chi connectivity index (χ0) is 24.1. The molecule has 10 nitrogen and oxygen atoms in total. The number of carbonyl (C=O) groups excluding carboxylic acids is 1. The van der Waals surface area contributed by atoms with E-state index in [1.165, 1.54) is 0 Å². The lowest BCUT2D eigenvalue weighted by atomic mass is 9.91. The number of halogens is 1. The van der Waals surface area contributed by atoms with Crippen LogP contribution in [0, 0.1) is 0 Å². The summed E-state index contributed by atoms with van der Waals surface area (Å²) < 4.78 is 12.4. The number of imidazole rings is 1. The molecule has 2 atom stereocenters. The predicted molar refractivity (Wildman–Crippen MR) is 128 cm³/mol. The number of nitrogens with one attached hydrogen (secondary N) is 1. The number of carbonyl (C=O) groups is 1. The molecule has 1 saturated heterocycles. The number of amides is 1. The molecule has 4 rings (SSSR count). The normalized spacial score (nSPS) is 17.3. The van der Waals surface area contributed by atoms with Crippen LogP contribution in [0.15, 0.2) is 43.0 Å². The van der Waals surface area contributed by atoms with Gasteiger partial charge in [-0.05, 0) is 30.2 Å². The van der Waals surface area contributed by atoms with Gasteiger partial charge in [0.25, 0.3) is 0 Å².